The molecule has 0 aliphatic carbocycles. The molecule has 1 nitrogen and oxygen atoms in total. The van der Waals surface area contributed by atoms with E-state index in [2.05, 4.69) is 11.7 Å². The summed E-state index contributed by atoms with van der Waals surface area (Å²) in [6.45, 7) is -1.88. The summed E-state index contributed by atoms with van der Waals surface area (Å²) in [7, 11) is -0.665. The summed E-state index contributed by atoms with van der Waals surface area (Å²) in [5, 5.41) is 0. The van der Waals surface area contributed by atoms with Gasteiger partial charge >= 0.3 is 0 Å². The molecule has 0 spiro atoms. The summed E-state index contributed by atoms with van der Waals surface area (Å²) in [5.74, 6) is 0. The maximum atomic E-state index is 4.77. The first-order valence-corrected chi connectivity index (χ1v) is 9.18. The zero-order chi connectivity index (χ0) is 6.78. The highest BCUT2D eigenvalue weighted by Gasteiger charge is 2.00. The number of halogens is 1. The van der Waals surface area contributed by atoms with Gasteiger partial charge in [0.05, 0.1) is 6.46 Å². The SMILES string of the molecule is S=S(S)S(=S)(=S)OI. The molecule has 0 heterocycles. The molecule has 0 N–H and O–H groups in total. The third kappa shape index (κ3) is 3.54. The van der Waals surface area contributed by atoms with Crippen LogP contribution in [0.4, 0.5) is 0 Å². The molecule has 0 saturated heterocycles. The van der Waals surface area contributed by atoms with Crippen molar-refractivity contribution in [3.63, 3.8) is 0 Å². The molecule has 0 aliphatic heterocycles. The molecular formula is HIOS6. The smallest absolute Gasteiger partial charge is 0.129 e. The van der Waals surface area contributed by atoms with Gasteiger partial charge in [0, 0.05) is 7.52 Å². The number of rotatable bonds is 2. The van der Waals surface area contributed by atoms with Gasteiger partial charge in [-0.05, 0) is 33.6 Å². The Morgan fingerprint density at radius 3 is 2.00 bits per heavy atom. The van der Waals surface area contributed by atoms with Gasteiger partial charge in [-0.25, -0.2) is 2.51 Å². The van der Waals surface area contributed by atoms with E-state index in [1.165, 1.54) is 0 Å². The summed E-state index contributed by atoms with van der Waals surface area (Å²) in [5.41, 5.74) is 0. The van der Waals surface area contributed by atoms with Crippen molar-refractivity contribution in [2.45, 2.75) is 0 Å². The molecular weight excluding hydrogens is 335 g/mol. The van der Waals surface area contributed by atoms with Crippen LogP contribution in [0.5, 0.6) is 0 Å². The number of thiol groups is 1. The van der Waals surface area contributed by atoms with Crippen molar-refractivity contribution in [3.05, 3.63) is 0 Å². The Labute approximate surface area is 83.4 Å². The lowest BCUT2D eigenvalue weighted by Gasteiger charge is -1.99. The van der Waals surface area contributed by atoms with Gasteiger partial charge < -0.3 is 0 Å². The van der Waals surface area contributed by atoms with Gasteiger partial charge in [0.2, 0.25) is 0 Å². The van der Waals surface area contributed by atoms with Gasteiger partial charge in [-0.3, -0.25) is 0 Å². The third-order valence-electron chi connectivity index (χ3n) is 0.252. The first-order chi connectivity index (χ1) is 3.50. The predicted molar refractivity (Wildman–Crippen MR) is 60.9 cm³/mol. The van der Waals surface area contributed by atoms with Crippen LogP contribution in [0.3, 0.4) is 0 Å². The lowest BCUT2D eigenvalue weighted by Crippen LogP contribution is -1.94. The van der Waals surface area contributed by atoms with E-state index in [0.717, 1.165) is 0 Å². The second-order valence-corrected chi connectivity index (χ2v) is 14.5. The lowest BCUT2D eigenvalue weighted by molar-refractivity contribution is 0.848. The standard InChI is InChI=1S/HIOS6/c1-2-8(5,6)7(3)4/h(H,3,4). The van der Waals surface area contributed by atoms with Crippen LogP contribution in [0.15, 0.2) is 0 Å². The molecule has 8 heteroatoms. The summed E-state index contributed by atoms with van der Waals surface area (Å²) < 4.78 is 4.71. The van der Waals surface area contributed by atoms with Crippen LogP contribution in [0.2, 0.25) is 0 Å². The predicted octanol–water partition coefficient (Wildman–Crippen LogP) is 1.19. The van der Waals surface area contributed by atoms with Crippen LogP contribution in [0.1, 0.15) is 0 Å². The number of hydrogen-bond acceptors (Lipinski definition) is 4. The molecule has 0 aliphatic rings. The van der Waals surface area contributed by atoms with E-state index < -0.39 is 14.0 Å². The van der Waals surface area contributed by atoms with Crippen molar-refractivity contribution in [3.8, 4) is 0 Å². The van der Waals surface area contributed by atoms with Gasteiger partial charge in [0.15, 0.2) is 0 Å². The average molecular weight is 336 g/mol. The maximum absolute atomic E-state index is 4.77. The fourth-order valence-electron chi connectivity index (χ4n) is 0.0220. The molecule has 50 valence electrons. The largest absolute Gasteiger partial charge is 0.231 e. The minimum atomic E-state index is -1.88. The topological polar surface area (TPSA) is 9.23 Å². The molecule has 0 fully saturated rings. The van der Waals surface area contributed by atoms with Crippen LogP contribution >= 0.6 is 34.7 Å². The highest BCUT2D eigenvalue weighted by molar-refractivity contribution is 14.1. The summed E-state index contributed by atoms with van der Waals surface area (Å²) in [4.78, 5) is 0. The van der Waals surface area contributed by atoms with Crippen molar-refractivity contribution in [1.29, 1.82) is 0 Å². The van der Waals surface area contributed by atoms with Crippen LogP contribution < -0.4 is 0 Å². The van der Waals surface area contributed by atoms with Crippen molar-refractivity contribution < 1.29 is 2.51 Å². The highest BCUT2D eigenvalue weighted by atomic mass is 127. The second kappa shape index (κ2) is 4.31. The quantitative estimate of drug-likeness (QED) is 0.461. The zero-order valence-electron chi connectivity index (χ0n) is 3.27. The van der Waals surface area contributed by atoms with Crippen molar-refractivity contribution >= 4 is 82.2 Å². The Bertz CT molecular complexity index is 175. The van der Waals surface area contributed by atoms with E-state index in [1.807, 2.05) is 0 Å². The first-order valence-electron chi connectivity index (χ1n) is 1.17. The minimum Gasteiger partial charge on any atom is -0.231 e. The molecule has 0 rings (SSSR count). The van der Waals surface area contributed by atoms with Gasteiger partial charge in [0.1, 0.15) is 23.0 Å². The molecule has 0 bridgehead atoms. The Hall–Kier alpha value is 2.40. The van der Waals surface area contributed by atoms with Crippen molar-refractivity contribution in [2.75, 3.05) is 0 Å². The van der Waals surface area contributed by atoms with E-state index in [-0.39, 0.29) is 0 Å². The van der Waals surface area contributed by atoms with E-state index in [4.69, 9.17) is 36.1 Å². The Morgan fingerprint density at radius 2 is 2.00 bits per heavy atom. The molecule has 0 aromatic heterocycles. The van der Waals surface area contributed by atoms with E-state index in [1.54, 1.807) is 23.0 Å². The number of hydrogen-bond donors (Lipinski definition) is 1. The zero-order valence-corrected chi connectivity index (χ0v) is 10.4. The van der Waals surface area contributed by atoms with E-state index >= 15 is 0 Å². The fourth-order valence-corrected chi connectivity index (χ4v) is 3.98. The molecule has 8 heavy (non-hydrogen) atoms. The summed E-state index contributed by atoms with van der Waals surface area (Å²) in [6.07, 6.45) is 0. The molecule has 1 unspecified atom stereocenters. The summed E-state index contributed by atoms with van der Waals surface area (Å²) >= 11 is 19.8. The van der Waals surface area contributed by atoms with Crippen LogP contribution in [-0.2, 0) is 50.1 Å². The Balaban J connectivity index is 4.42. The third-order valence-corrected chi connectivity index (χ3v) is 15.7. The molecule has 1 atom stereocenters. The van der Waals surface area contributed by atoms with Crippen LogP contribution in [0, 0.1) is 0 Å². The Morgan fingerprint density at radius 1 is 1.62 bits per heavy atom. The molecule has 0 aromatic rings. The highest BCUT2D eigenvalue weighted by Crippen LogP contribution is 2.09. The normalized spacial score (nSPS) is 15.8. The van der Waals surface area contributed by atoms with Crippen LogP contribution in [0.25, 0.3) is 0 Å². The monoisotopic (exact) mass is 336 g/mol. The van der Waals surface area contributed by atoms with Crippen molar-refractivity contribution in [2.24, 2.45) is 0 Å². The van der Waals surface area contributed by atoms with Gasteiger partial charge in [-0.2, -0.15) is 0 Å². The second-order valence-electron chi connectivity index (χ2n) is 0.688. The molecule has 0 saturated carbocycles. The van der Waals surface area contributed by atoms with Gasteiger partial charge in [0.25, 0.3) is 0 Å². The van der Waals surface area contributed by atoms with Crippen LogP contribution in [-0.4, -0.2) is 0 Å². The van der Waals surface area contributed by atoms with E-state index in [9.17, 15) is 0 Å². The van der Waals surface area contributed by atoms with E-state index in [0.29, 0.717) is 0 Å². The minimum absolute atomic E-state index is 0.665. The molecule has 0 amide bonds. The average Bonchev–Trinajstić information content (AvgIpc) is 1.67. The van der Waals surface area contributed by atoms with Crippen molar-refractivity contribution in [1.82, 2.24) is 0 Å². The Kier molecular flexibility index (Phi) is 5.61. The lowest BCUT2D eigenvalue weighted by atomic mass is 15.9. The van der Waals surface area contributed by atoms with Gasteiger partial charge in [-0.1, -0.05) is 11.7 Å². The first kappa shape index (κ1) is 10.4. The van der Waals surface area contributed by atoms with Gasteiger partial charge in [-0.15, -0.1) is 0 Å². The summed E-state index contributed by atoms with van der Waals surface area (Å²) in [6, 6.07) is 0. The molecule has 0 aromatic carbocycles. The molecule has 0 radical (unpaired) electrons. The fraction of sp³-hybridized carbons (Fsp3) is 0. The maximum Gasteiger partial charge on any atom is 0.129 e.